The fraction of sp³-hybridized carbons (Fsp3) is 0.190. The largest absolute Gasteiger partial charge is 0.464 e. The van der Waals surface area contributed by atoms with E-state index < -0.39 is 11.7 Å². The Kier molecular flexibility index (Phi) is 4.71. The fourth-order valence-corrected chi connectivity index (χ4v) is 4.61. The van der Waals surface area contributed by atoms with Crippen LogP contribution in [0.2, 0.25) is 0 Å². The number of nitrogens with one attached hydrogen (secondary N) is 1. The summed E-state index contributed by atoms with van der Waals surface area (Å²) >= 11 is 1.58. The van der Waals surface area contributed by atoms with Crippen LogP contribution in [-0.2, 0) is 12.6 Å². The van der Waals surface area contributed by atoms with Gasteiger partial charge >= 0.3 is 6.18 Å². The Balaban J connectivity index is 1.53. The van der Waals surface area contributed by atoms with E-state index in [0.29, 0.717) is 23.1 Å². The molecule has 0 aliphatic carbocycles. The SMILES string of the molecule is CC1=C(c2ccc3c(C=O)coc3c2)SC(Cc2cccc(C(F)(F)F)c2)N1. The molecular weight excluding hydrogens is 387 g/mol. The van der Waals surface area contributed by atoms with Gasteiger partial charge in [0.15, 0.2) is 6.29 Å². The maximum Gasteiger partial charge on any atom is 0.416 e. The van der Waals surface area contributed by atoms with E-state index in [4.69, 9.17) is 4.42 Å². The lowest BCUT2D eigenvalue weighted by atomic mass is 10.1. The van der Waals surface area contributed by atoms with Gasteiger partial charge in [-0.1, -0.05) is 36.0 Å². The molecule has 0 radical (unpaired) electrons. The van der Waals surface area contributed by atoms with Gasteiger partial charge in [-0.15, -0.1) is 0 Å². The van der Waals surface area contributed by atoms with Crippen molar-refractivity contribution in [1.82, 2.24) is 5.32 Å². The first-order chi connectivity index (χ1) is 13.3. The van der Waals surface area contributed by atoms with Crippen LogP contribution in [-0.4, -0.2) is 11.7 Å². The quantitative estimate of drug-likeness (QED) is 0.554. The van der Waals surface area contributed by atoms with Crippen molar-refractivity contribution in [3.05, 3.63) is 76.7 Å². The van der Waals surface area contributed by atoms with Crippen molar-refractivity contribution < 1.29 is 22.4 Å². The summed E-state index contributed by atoms with van der Waals surface area (Å²) in [6.45, 7) is 1.94. The molecule has 0 saturated heterocycles. The number of halogens is 3. The van der Waals surface area contributed by atoms with Crippen LogP contribution < -0.4 is 5.32 Å². The molecule has 1 N–H and O–H groups in total. The van der Waals surface area contributed by atoms with Crippen LogP contribution in [0.3, 0.4) is 0 Å². The molecule has 28 heavy (non-hydrogen) atoms. The van der Waals surface area contributed by atoms with Gasteiger partial charge in [-0.3, -0.25) is 4.79 Å². The maximum atomic E-state index is 12.9. The summed E-state index contributed by atoms with van der Waals surface area (Å²) in [5.74, 6) is 0. The lowest BCUT2D eigenvalue weighted by Gasteiger charge is -2.13. The summed E-state index contributed by atoms with van der Waals surface area (Å²) in [5.41, 5.74) is 3.04. The van der Waals surface area contributed by atoms with Crippen LogP contribution in [0.1, 0.15) is 34.0 Å². The first kappa shape index (κ1) is 18.7. The highest BCUT2D eigenvalue weighted by Crippen LogP contribution is 2.40. The van der Waals surface area contributed by atoms with Gasteiger partial charge in [0.2, 0.25) is 0 Å². The van der Waals surface area contributed by atoms with Crippen LogP contribution in [0.15, 0.2) is 58.8 Å². The molecule has 4 rings (SSSR count). The number of allylic oxidation sites excluding steroid dienone is 1. The van der Waals surface area contributed by atoms with Gasteiger partial charge in [0.25, 0.3) is 0 Å². The van der Waals surface area contributed by atoms with E-state index in [1.54, 1.807) is 17.8 Å². The number of hydrogen-bond donors (Lipinski definition) is 1. The minimum atomic E-state index is -4.34. The lowest BCUT2D eigenvalue weighted by Crippen LogP contribution is -2.21. The number of thioether (sulfide) groups is 1. The molecule has 1 aliphatic rings. The predicted octanol–water partition coefficient (Wildman–Crippen LogP) is 5.86. The van der Waals surface area contributed by atoms with Gasteiger partial charge in [0, 0.05) is 22.4 Å². The average Bonchev–Trinajstić information content (AvgIpc) is 3.23. The van der Waals surface area contributed by atoms with E-state index in [-0.39, 0.29) is 5.37 Å². The standard InChI is InChI=1S/C21H16F3NO2S/c1-12-20(14-5-6-17-15(10-26)11-27-18(17)9-14)28-19(25-12)8-13-3-2-4-16(7-13)21(22,23)24/h2-7,9-11,19,25H,8H2,1H3. The smallest absolute Gasteiger partial charge is 0.416 e. The highest BCUT2D eigenvalue weighted by Gasteiger charge is 2.31. The minimum Gasteiger partial charge on any atom is -0.464 e. The second kappa shape index (κ2) is 7.05. The van der Waals surface area contributed by atoms with Crippen LogP contribution in [0, 0.1) is 0 Å². The molecule has 1 atom stereocenters. The van der Waals surface area contributed by atoms with E-state index in [9.17, 15) is 18.0 Å². The van der Waals surface area contributed by atoms with Crippen molar-refractivity contribution in [2.24, 2.45) is 0 Å². The van der Waals surface area contributed by atoms with Crippen molar-refractivity contribution in [1.29, 1.82) is 0 Å². The van der Waals surface area contributed by atoms with Crippen LogP contribution in [0.4, 0.5) is 13.2 Å². The zero-order valence-corrected chi connectivity index (χ0v) is 15.7. The Morgan fingerprint density at radius 3 is 2.79 bits per heavy atom. The summed E-state index contributed by atoms with van der Waals surface area (Å²) < 4.78 is 44.2. The number of rotatable bonds is 4. The van der Waals surface area contributed by atoms with Crippen molar-refractivity contribution in [2.45, 2.75) is 24.9 Å². The van der Waals surface area contributed by atoms with Gasteiger partial charge < -0.3 is 9.73 Å². The summed E-state index contributed by atoms with van der Waals surface area (Å²) in [5, 5.41) is 4.05. The first-order valence-electron chi connectivity index (χ1n) is 8.62. The molecule has 0 saturated carbocycles. The summed E-state index contributed by atoms with van der Waals surface area (Å²) in [4.78, 5) is 12.0. The minimum absolute atomic E-state index is 0.0590. The molecule has 1 aromatic heterocycles. The number of furan rings is 1. The second-order valence-corrected chi connectivity index (χ2v) is 7.84. The Labute approximate surface area is 163 Å². The van der Waals surface area contributed by atoms with Crippen molar-refractivity contribution in [3.8, 4) is 0 Å². The maximum absolute atomic E-state index is 12.9. The van der Waals surface area contributed by atoms with E-state index in [2.05, 4.69) is 5.32 Å². The van der Waals surface area contributed by atoms with Gasteiger partial charge in [0.05, 0.1) is 16.5 Å². The van der Waals surface area contributed by atoms with E-state index in [0.717, 1.165) is 33.9 Å². The number of carbonyl (C=O) groups excluding carboxylic acids is 1. The van der Waals surface area contributed by atoms with E-state index >= 15 is 0 Å². The van der Waals surface area contributed by atoms with Crippen molar-refractivity contribution in [3.63, 3.8) is 0 Å². The average molecular weight is 403 g/mol. The van der Waals surface area contributed by atoms with Crippen LogP contribution in [0.25, 0.3) is 15.9 Å². The van der Waals surface area contributed by atoms with Crippen molar-refractivity contribution in [2.75, 3.05) is 0 Å². The third-order valence-corrected chi connectivity index (χ3v) is 5.99. The Hall–Kier alpha value is -2.67. The number of alkyl halides is 3. The molecule has 7 heteroatoms. The monoisotopic (exact) mass is 403 g/mol. The second-order valence-electron chi connectivity index (χ2n) is 6.63. The highest BCUT2D eigenvalue weighted by molar-refractivity contribution is 8.09. The summed E-state index contributed by atoms with van der Waals surface area (Å²) in [6.07, 6.45) is -1.69. The molecule has 1 aliphatic heterocycles. The van der Waals surface area contributed by atoms with Gasteiger partial charge in [-0.25, -0.2) is 0 Å². The third kappa shape index (κ3) is 3.54. The first-order valence-corrected chi connectivity index (χ1v) is 9.50. The Bertz CT molecular complexity index is 1080. The molecule has 0 spiro atoms. The molecular formula is C21H16F3NO2S. The molecule has 3 aromatic rings. The molecule has 144 valence electrons. The molecule has 2 heterocycles. The predicted molar refractivity (Wildman–Crippen MR) is 104 cm³/mol. The molecule has 1 unspecified atom stereocenters. The molecule has 0 bridgehead atoms. The topological polar surface area (TPSA) is 42.2 Å². The van der Waals surface area contributed by atoms with Crippen molar-refractivity contribution >= 4 is 33.9 Å². The number of fused-ring (bicyclic) bond motifs is 1. The van der Waals surface area contributed by atoms with Gasteiger partial charge in [-0.05, 0) is 36.2 Å². The third-order valence-electron chi connectivity index (χ3n) is 4.65. The number of carbonyl (C=O) groups is 1. The highest BCUT2D eigenvalue weighted by atomic mass is 32.2. The van der Waals surface area contributed by atoms with E-state index in [1.165, 1.54) is 18.4 Å². The zero-order chi connectivity index (χ0) is 19.9. The number of benzene rings is 2. The number of hydrogen-bond acceptors (Lipinski definition) is 4. The summed E-state index contributed by atoms with van der Waals surface area (Å²) in [7, 11) is 0. The lowest BCUT2D eigenvalue weighted by molar-refractivity contribution is -0.137. The zero-order valence-electron chi connectivity index (χ0n) is 14.8. The van der Waals surface area contributed by atoms with E-state index in [1.807, 2.05) is 25.1 Å². The Morgan fingerprint density at radius 1 is 1.21 bits per heavy atom. The molecule has 0 amide bonds. The molecule has 2 aromatic carbocycles. The molecule has 0 fully saturated rings. The molecule has 3 nitrogen and oxygen atoms in total. The van der Waals surface area contributed by atoms with Gasteiger partial charge in [0.1, 0.15) is 11.8 Å². The fourth-order valence-electron chi connectivity index (χ4n) is 3.31. The Morgan fingerprint density at radius 2 is 2.04 bits per heavy atom. The van der Waals surface area contributed by atoms with Crippen LogP contribution in [0.5, 0.6) is 0 Å². The number of aldehydes is 1. The normalized spacial score (nSPS) is 17.2. The van der Waals surface area contributed by atoms with Crippen LogP contribution >= 0.6 is 11.8 Å². The summed E-state index contributed by atoms with van der Waals surface area (Å²) in [6, 6.07) is 11.1. The van der Waals surface area contributed by atoms with Gasteiger partial charge in [-0.2, -0.15) is 13.2 Å².